The molecule has 5 rings (SSSR count). The Labute approximate surface area is 189 Å². The molecule has 0 fully saturated rings. The molecule has 0 bridgehead atoms. The Kier molecular flexibility index (Phi) is 5.17. The van der Waals surface area contributed by atoms with E-state index < -0.39 is 0 Å². The zero-order valence-corrected chi connectivity index (χ0v) is 18.1. The number of rotatable bonds is 4. The van der Waals surface area contributed by atoms with Crippen molar-refractivity contribution in [2.24, 2.45) is 0 Å². The highest BCUT2D eigenvalue weighted by Crippen LogP contribution is 2.20. The predicted octanol–water partition coefficient (Wildman–Crippen LogP) is 5.70. The molecule has 0 radical (unpaired) electrons. The molecule has 5 aromatic rings. The zero-order chi connectivity index (χ0) is 22.1. The van der Waals surface area contributed by atoms with Gasteiger partial charge in [-0.2, -0.15) is 5.10 Å². The van der Waals surface area contributed by atoms with Crippen molar-refractivity contribution in [1.29, 1.82) is 0 Å². The molecule has 0 aliphatic carbocycles. The summed E-state index contributed by atoms with van der Waals surface area (Å²) in [5, 5.41) is 5.86. The van der Waals surface area contributed by atoms with Gasteiger partial charge in [0.05, 0.1) is 22.3 Å². The summed E-state index contributed by atoms with van der Waals surface area (Å²) >= 11 is 6.01. The minimum Gasteiger partial charge on any atom is -0.268 e. The minimum absolute atomic E-state index is 0.150. The van der Waals surface area contributed by atoms with Gasteiger partial charge in [0.1, 0.15) is 11.6 Å². The van der Waals surface area contributed by atoms with Crippen LogP contribution in [0.4, 0.5) is 0 Å². The summed E-state index contributed by atoms with van der Waals surface area (Å²) in [6.45, 7) is 1.91. The maximum absolute atomic E-state index is 13.6. The smallest absolute Gasteiger partial charge is 0.267 e. The van der Waals surface area contributed by atoms with Crippen LogP contribution in [0.5, 0.6) is 0 Å². The van der Waals surface area contributed by atoms with Gasteiger partial charge in [-0.1, -0.05) is 60.1 Å². The van der Waals surface area contributed by atoms with Crippen LogP contribution in [0.2, 0.25) is 5.02 Å². The molecule has 0 aliphatic rings. The molecular weight excluding hydrogens is 420 g/mol. The van der Waals surface area contributed by atoms with Gasteiger partial charge in [0, 0.05) is 11.1 Å². The molecule has 0 saturated carbocycles. The maximum atomic E-state index is 13.6. The van der Waals surface area contributed by atoms with E-state index in [1.807, 2.05) is 97.9 Å². The van der Waals surface area contributed by atoms with Crippen LogP contribution in [-0.4, -0.2) is 19.3 Å². The van der Waals surface area contributed by atoms with Crippen LogP contribution in [0.25, 0.3) is 34.6 Å². The van der Waals surface area contributed by atoms with Crippen molar-refractivity contribution < 1.29 is 0 Å². The first-order valence-corrected chi connectivity index (χ1v) is 10.6. The van der Waals surface area contributed by atoms with E-state index in [4.69, 9.17) is 16.6 Å². The third kappa shape index (κ3) is 3.74. The van der Waals surface area contributed by atoms with Gasteiger partial charge < -0.3 is 0 Å². The lowest BCUT2D eigenvalue weighted by molar-refractivity contribution is 0.788. The molecular formula is C26H19ClN4O. The molecule has 0 amide bonds. The third-order valence-electron chi connectivity index (χ3n) is 5.14. The largest absolute Gasteiger partial charge is 0.268 e. The normalized spacial score (nSPS) is 11.4. The van der Waals surface area contributed by atoms with Crippen molar-refractivity contribution in [2.75, 3.05) is 0 Å². The van der Waals surface area contributed by atoms with Gasteiger partial charge in [-0.15, -0.1) is 0 Å². The van der Waals surface area contributed by atoms with E-state index in [9.17, 15) is 4.79 Å². The predicted molar refractivity (Wildman–Crippen MR) is 130 cm³/mol. The van der Waals surface area contributed by atoms with Gasteiger partial charge in [-0.3, -0.25) is 4.79 Å². The summed E-state index contributed by atoms with van der Waals surface area (Å²) in [6, 6.07) is 26.5. The number of halogens is 1. The maximum Gasteiger partial charge on any atom is 0.267 e. The van der Waals surface area contributed by atoms with E-state index in [0.29, 0.717) is 27.6 Å². The van der Waals surface area contributed by atoms with E-state index in [1.165, 1.54) is 0 Å². The molecule has 2 heterocycles. The lowest BCUT2D eigenvalue weighted by Gasteiger charge is -2.13. The van der Waals surface area contributed by atoms with E-state index >= 15 is 0 Å². The Morgan fingerprint density at radius 2 is 1.59 bits per heavy atom. The highest BCUT2D eigenvalue weighted by atomic mass is 35.5. The number of benzene rings is 3. The Morgan fingerprint density at radius 1 is 0.875 bits per heavy atom. The van der Waals surface area contributed by atoms with Gasteiger partial charge in [0.25, 0.3) is 5.56 Å². The molecule has 0 aliphatic heterocycles. The Hall–Kier alpha value is -3.96. The van der Waals surface area contributed by atoms with Crippen LogP contribution >= 0.6 is 11.6 Å². The molecule has 3 aromatic carbocycles. The molecule has 0 atom stereocenters. The summed E-state index contributed by atoms with van der Waals surface area (Å²) in [5.41, 5.74) is 3.12. The summed E-state index contributed by atoms with van der Waals surface area (Å²) in [7, 11) is 0. The Bertz CT molecular complexity index is 1500. The van der Waals surface area contributed by atoms with Crippen LogP contribution < -0.4 is 5.56 Å². The number of hydrogen-bond donors (Lipinski definition) is 0. The van der Waals surface area contributed by atoms with Gasteiger partial charge in [-0.05, 0) is 55.0 Å². The fourth-order valence-electron chi connectivity index (χ4n) is 3.63. The van der Waals surface area contributed by atoms with Crippen molar-refractivity contribution in [1.82, 2.24) is 19.3 Å². The molecule has 0 saturated heterocycles. The van der Waals surface area contributed by atoms with Gasteiger partial charge in [0.15, 0.2) is 0 Å². The fraction of sp³-hybridized carbons (Fsp3) is 0.0385. The second-order valence-electron chi connectivity index (χ2n) is 7.40. The molecule has 0 unspecified atom stereocenters. The highest BCUT2D eigenvalue weighted by Gasteiger charge is 2.16. The summed E-state index contributed by atoms with van der Waals surface area (Å²) in [6.07, 6.45) is 3.76. The van der Waals surface area contributed by atoms with Crippen LogP contribution in [-0.2, 0) is 0 Å². The number of aryl methyl sites for hydroxylation is 1. The van der Waals surface area contributed by atoms with Crippen molar-refractivity contribution >= 4 is 34.7 Å². The molecule has 5 nitrogen and oxygen atoms in total. The molecule has 156 valence electrons. The van der Waals surface area contributed by atoms with Gasteiger partial charge in [0.2, 0.25) is 0 Å². The van der Waals surface area contributed by atoms with E-state index in [-0.39, 0.29) is 5.56 Å². The first-order valence-electron chi connectivity index (χ1n) is 10.2. The third-order valence-corrected chi connectivity index (χ3v) is 5.39. The first-order chi connectivity index (χ1) is 15.6. The molecule has 2 aromatic heterocycles. The van der Waals surface area contributed by atoms with Crippen LogP contribution in [0, 0.1) is 6.92 Å². The van der Waals surface area contributed by atoms with E-state index in [2.05, 4.69) is 5.10 Å². The quantitative estimate of drug-likeness (QED) is 0.361. The number of hydrogen-bond acceptors (Lipinski definition) is 3. The lowest BCUT2D eigenvalue weighted by atomic mass is 10.2. The Balaban J connectivity index is 1.76. The summed E-state index contributed by atoms with van der Waals surface area (Å²) < 4.78 is 3.38. The second-order valence-corrected chi connectivity index (χ2v) is 7.84. The van der Waals surface area contributed by atoms with E-state index in [1.54, 1.807) is 15.3 Å². The zero-order valence-electron chi connectivity index (χ0n) is 17.3. The van der Waals surface area contributed by atoms with Gasteiger partial charge in [-0.25, -0.2) is 14.2 Å². The van der Waals surface area contributed by atoms with Crippen LogP contribution in [0.15, 0.2) is 89.7 Å². The first kappa shape index (κ1) is 20.0. The topological polar surface area (TPSA) is 52.7 Å². The molecule has 6 heteroatoms. The number of nitrogens with zero attached hydrogens (tertiary/aromatic N) is 4. The summed E-state index contributed by atoms with van der Waals surface area (Å²) in [5.74, 6) is 1.15. The lowest BCUT2D eigenvalue weighted by Crippen LogP contribution is -2.24. The number of fused-ring (bicyclic) bond motifs is 1. The van der Waals surface area contributed by atoms with Crippen molar-refractivity contribution in [2.45, 2.75) is 6.92 Å². The van der Waals surface area contributed by atoms with Crippen molar-refractivity contribution in [3.8, 4) is 11.5 Å². The minimum atomic E-state index is -0.150. The number of aromatic nitrogens is 4. The molecule has 0 N–H and O–H groups in total. The fourth-order valence-corrected chi connectivity index (χ4v) is 3.76. The van der Waals surface area contributed by atoms with E-state index in [0.717, 1.165) is 16.9 Å². The average Bonchev–Trinajstić information content (AvgIpc) is 3.20. The summed E-state index contributed by atoms with van der Waals surface area (Å²) in [4.78, 5) is 18.4. The number of para-hydroxylation sites is 2. The SMILES string of the molecule is Cc1cc(-n2c(/C=C/c3ccc(Cl)cc3)nc3ccccc3c2=O)n(-c2ccccc2)n1. The monoisotopic (exact) mass is 438 g/mol. The van der Waals surface area contributed by atoms with Crippen molar-refractivity contribution in [3.63, 3.8) is 0 Å². The van der Waals surface area contributed by atoms with Crippen LogP contribution in [0.3, 0.4) is 0 Å². The van der Waals surface area contributed by atoms with Crippen molar-refractivity contribution in [3.05, 3.63) is 117 Å². The average molecular weight is 439 g/mol. The molecule has 32 heavy (non-hydrogen) atoms. The standard InChI is InChI=1S/C26H19ClN4O/c1-18-17-25(31(29-18)21-7-3-2-4-8-21)30-24(16-13-19-11-14-20(27)15-12-19)28-23-10-6-5-9-22(23)26(30)32/h2-17H,1H3/b16-13+. The molecule has 0 spiro atoms. The van der Waals surface area contributed by atoms with Gasteiger partial charge >= 0.3 is 0 Å². The second kappa shape index (κ2) is 8.29. The Morgan fingerprint density at radius 3 is 2.38 bits per heavy atom. The highest BCUT2D eigenvalue weighted by molar-refractivity contribution is 6.30. The van der Waals surface area contributed by atoms with Crippen LogP contribution in [0.1, 0.15) is 17.1 Å².